The van der Waals surface area contributed by atoms with Gasteiger partial charge >= 0.3 is 0 Å². The number of anilines is 2. The summed E-state index contributed by atoms with van der Waals surface area (Å²) in [6, 6.07) is 11.5. The second kappa shape index (κ2) is 6.23. The zero-order valence-electron chi connectivity index (χ0n) is 12.8. The monoisotopic (exact) mass is 300 g/mol. The van der Waals surface area contributed by atoms with Gasteiger partial charge in [-0.05, 0) is 50.2 Å². The molecule has 2 aromatic rings. The van der Waals surface area contributed by atoms with Gasteiger partial charge in [0.25, 0.3) is 5.91 Å². The Labute approximate surface area is 129 Å². The van der Waals surface area contributed by atoms with Crippen LogP contribution in [-0.2, 0) is 4.74 Å². The highest BCUT2D eigenvalue weighted by molar-refractivity contribution is 6.02. The summed E-state index contributed by atoms with van der Waals surface area (Å²) < 4.78 is 10.7. The van der Waals surface area contributed by atoms with Crippen LogP contribution in [0.15, 0.2) is 47.1 Å². The summed E-state index contributed by atoms with van der Waals surface area (Å²) in [5.74, 6) is 0.0609. The molecular weight excluding hydrogens is 280 g/mol. The fourth-order valence-electron chi connectivity index (χ4n) is 2.60. The second-order valence-corrected chi connectivity index (χ2v) is 5.62. The van der Waals surface area contributed by atoms with Crippen LogP contribution in [0.25, 0.3) is 0 Å². The Morgan fingerprint density at radius 3 is 2.68 bits per heavy atom. The van der Waals surface area contributed by atoms with Gasteiger partial charge in [0.2, 0.25) is 0 Å². The van der Waals surface area contributed by atoms with E-state index in [0.717, 1.165) is 24.5 Å². The number of rotatable bonds is 3. The normalized spacial score (nSPS) is 21.6. The van der Waals surface area contributed by atoms with Gasteiger partial charge in [-0.3, -0.25) is 4.79 Å². The molecule has 0 saturated carbocycles. The quantitative estimate of drug-likeness (QED) is 0.946. The molecule has 1 aromatic heterocycles. The fraction of sp³-hybridized carbons (Fsp3) is 0.353. The Morgan fingerprint density at radius 2 is 2.00 bits per heavy atom. The predicted octanol–water partition coefficient (Wildman–Crippen LogP) is 3.15. The molecule has 1 aliphatic heterocycles. The van der Waals surface area contributed by atoms with Gasteiger partial charge in [-0.2, -0.15) is 0 Å². The highest BCUT2D eigenvalue weighted by Crippen LogP contribution is 2.23. The molecule has 5 nitrogen and oxygen atoms in total. The molecule has 1 aromatic carbocycles. The zero-order chi connectivity index (χ0) is 15.5. The van der Waals surface area contributed by atoms with Crippen LogP contribution < -0.4 is 10.2 Å². The summed E-state index contributed by atoms with van der Waals surface area (Å²) in [7, 11) is 0. The molecule has 0 radical (unpaired) electrons. The molecule has 2 atom stereocenters. The van der Waals surface area contributed by atoms with E-state index in [2.05, 4.69) is 24.1 Å². The van der Waals surface area contributed by atoms with Gasteiger partial charge in [0.05, 0.1) is 19.0 Å². The molecule has 0 bridgehead atoms. The molecule has 1 fully saturated rings. The number of ether oxygens (including phenoxy) is 1. The van der Waals surface area contributed by atoms with E-state index in [1.54, 1.807) is 12.1 Å². The maximum Gasteiger partial charge on any atom is 0.291 e. The van der Waals surface area contributed by atoms with Crippen molar-refractivity contribution in [3.05, 3.63) is 48.4 Å². The lowest BCUT2D eigenvalue weighted by atomic mass is 10.1. The van der Waals surface area contributed by atoms with E-state index < -0.39 is 0 Å². The SMILES string of the molecule is CC1CN(c2ccc(NC(=O)c3ccco3)cc2)C(C)CO1. The lowest BCUT2D eigenvalue weighted by molar-refractivity contribution is 0.0344. The number of hydrogen-bond donors (Lipinski definition) is 1. The van der Waals surface area contributed by atoms with Crippen LogP contribution in [0.3, 0.4) is 0 Å². The molecule has 5 heteroatoms. The van der Waals surface area contributed by atoms with Crippen LogP contribution in [0.4, 0.5) is 11.4 Å². The van der Waals surface area contributed by atoms with Gasteiger partial charge in [0, 0.05) is 24.0 Å². The summed E-state index contributed by atoms with van der Waals surface area (Å²) in [6.45, 7) is 5.84. The zero-order valence-corrected chi connectivity index (χ0v) is 12.8. The molecule has 116 valence electrons. The third kappa shape index (κ3) is 3.14. The van der Waals surface area contributed by atoms with Crippen LogP contribution >= 0.6 is 0 Å². The molecule has 3 rings (SSSR count). The summed E-state index contributed by atoms with van der Waals surface area (Å²) in [4.78, 5) is 14.3. The van der Waals surface area contributed by atoms with Crippen LogP contribution in [0, 0.1) is 0 Å². The van der Waals surface area contributed by atoms with Crippen LogP contribution in [0.2, 0.25) is 0 Å². The van der Waals surface area contributed by atoms with Crippen molar-refractivity contribution < 1.29 is 13.9 Å². The van der Waals surface area contributed by atoms with E-state index in [1.807, 2.05) is 24.3 Å². The molecule has 1 N–H and O–H groups in total. The van der Waals surface area contributed by atoms with E-state index in [1.165, 1.54) is 6.26 Å². The number of furan rings is 1. The van der Waals surface area contributed by atoms with Gasteiger partial charge < -0.3 is 19.4 Å². The average Bonchev–Trinajstić information content (AvgIpc) is 3.05. The van der Waals surface area contributed by atoms with E-state index in [0.29, 0.717) is 11.8 Å². The number of amides is 1. The minimum atomic E-state index is -0.244. The first kappa shape index (κ1) is 14.7. The van der Waals surface area contributed by atoms with Crippen molar-refractivity contribution in [3.63, 3.8) is 0 Å². The minimum Gasteiger partial charge on any atom is -0.459 e. The van der Waals surface area contributed by atoms with Crippen molar-refractivity contribution in [2.45, 2.75) is 26.0 Å². The Morgan fingerprint density at radius 1 is 1.23 bits per heavy atom. The Kier molecular flexibility index (Phi) is 4.15. The first-order valence-corrected chi connectivity index (χ1v) is 7.46. The molecule has 0 spiro atoms. The van der Waals surface area contributed by atoms with E-state index in [9.17, 15) is 4.79 Å². The van der Waals surface area contributed by atoms with Crippen molar-refractivity contribution in [3.8, 4) is 0 Å². The van der Waals surface area contributed by atoms with Gasteiger partial charge in [0.1, 0.15) is 0 Å². The smallest absolute Gasteiger partial charge is 0.291 e. The Balaban J connectivity index is 1.68. The number of nitrogens with one attached hydrogen (secondary N) is 1. The topological polar surface area (TPSA) is 54.7 Å². The van der Waals surface area contributed by atoms with Crippen molar-refractivity contribution in [2.24, 2.45) is 0 Å². The van der Waals surface area contributed by atoms with Gasteiger partial charge in [0.15, 0.2) is 5.76 Å². The van der Waals surface area contributed by atoms with E-state index >= 15 is 0 Å². The third-order valence-corrected chi connectivity index (χ3v) is 3.81. The van der Waals surface area contributed by atoms with Crippen molar-refractivity contribution in [2.75, 3.05) is 23.4 Å². The van der Waals surface area contributed by atoms with Crippen molar-refractivity contribution in [1.29, 1.82) is 0 Å². The van der Waals surface area contributed by atoms with Crippen molar-refractivity contribution in [1.82, 2.24) is 0 Å². The van der Waals surface area contributed by atoms with Crippen LogP contribution in [0.1, 0.15) is 24.4 Å². The first-order valence-electron chi connectivity index (χ1n) is 7.46. The first-order chi connectivity index (χ1) is 10.6. The van der Waals surface area contributed by atoms with Gasteiger partial charge in [-0.25, -0.2) is 0 Å². The number of carbonyl (C=O) groups excluding carboxylic acids is 1. The number of benzene rings is 1. The summed E-state index contributed by atoms with van der Waals surface area (Å²) in [5, 5.41) is 2.82. The Hall–Kier alpha value is -2.27. The number of nitrogens with zero attached hydrogens (tertiary/aromatic N) is 1. The Bertz CT molecular complexity index is 622. The number of morpholine rings is 1. The van der Waals surface area contributed by atoms with Crippen LogP contribution in [0.5, 0.6) is 0 Å². The molecule has 22 heavy (non-hydrogen) atoms. The standard InChI is InChI=1S/C17H20N2O3/c1-12-11-22-13(2)10-19(12)15-7-5-14(6-8-15)18-17(20)16-4-3-9-21-16/h3-9,12-13H,10-11H2,1-2H3,(H,18,20). The fourth-order valence-corrected chi connectivity index (χ4v) is 2.60. The molecule has 2 heterocycles. The molecule has 1 saturated heterocycles. The molecule has 1 aliphatic rings. The van der Waals surface area contributed by atoms with E-state index in [4.69, 9.17) is 9.15 Å². The van der Waals surface area contributed by atoms with E-state index in [-0.39, 0.29) is 12.0 Å². The largest absolute Gasteiger partial charge is 0.459 e. The predicted molar refractivity (Wildman–Crippen MR) is 85.3 cm³/mol. The number of hydrogen-bond acceptors (Lipinski definition) is 4. The minimum absolute atomic E-state index is 0.231. The second-order valence-electron chi connectivity index (χ2n) is 5.62. The highest BCUT2D eigenvalue weighted by atomic mass is 16.5. The summed E-state index contributed by atoms with van der Waals surface area (Å²) in [6.07, 6.45) is 1.72. The maximum absolute atomic E-state index is 11.9. The van der Waals surface area contributed by atoms with Crippen LogP contribution in [-0.4, -0.2) is 31.2 Å². The van der Waals surface area contributed by atoms with Gasteiger partial charge in [-0.1, -0.05) is 0 Å². The number of carbonyl (C=O) groups is 1. The van der Waals surface area contributed by atoms with Crippen molar-refractivity contribution >= 4 is 17.3 Å². The average molecular weight is 300 g/mol. The molecule has 1 amide bonds. The molecule has 0 aliphatic carbocycles. The highest BCUT2D eigenvalue weighted by Gasteiger charge is 2.23. The summed E-state index contributed by atoms with van der Waals surface area (Å²) >= 11 is 0. The third-order valence-electron chi connectivity index (χ3n) is 3.81. The molecular formula is C17H20N2O3. The summed E-state index contributed by atoms with van der Waals surface area (Å²) in [5.41, 5.74) is 1.89. The molecule has 2 unspecified atom stereocenters. The van der Waals surface area contributed by atoms with Gasteiger partial charge in [-0.15, -0.1) is 0 Å². The maximum atomic E-state index is 11.9. The lowest BCUT2D eigenvalue weighted by Gasteiger charge is -2.38. The lowest BCUT2D eigenvalue weighted by Crippen LogP contribution is -2.47.